The number of anilines is 1. The molecule has 0 saturated heterocycles. The van der Waals surface area contributed by atoms with Crippen molar-refractivity contribution in [1.82, 2.24) is 0 Å². The fraction of sp³-hybridized carbons (Fsp3) is 0.294. The van der Waals surface area contributed by atoms with Gasteiger partial charge in [-0.25, -0.2) is 0 Å². The molecule has 1 N–H and O–H groups in total. The van der Waals surface area contributed by atoms with Crippen LogP contribution in [0.2, 0.25) is 5.02 Å². The first-order chi connectivity index (χ1) is 9.76. The second-order valence-corrected chi connectivity index (χ2v) is 6.55. The van der Waals surface area contributed by atoms with Gasteiger partial charge in [0.1, 0.15) is 0 Å². The molecule has 3 rings (SSSR count). The molecule has 3 heteroatoms. The molecule has 0 spiro atoms. The van der Waals surface area contributed by atoms with E-state index in [0.717, 1.165) is 17.9 Å². The Bertz CT molecular complexity index is 576. The largest absolute Gasteiger partial charge is 0.382 e. The molecule has 1 aliphatic rings. The maximum Gasteiger partial charge on any atom is 0.0440 e. The third-order valence-corrected chi connectivity index (χ3v) is 5.03. The van der Waals surface area contributed by atoms with Crippen LogP contribution in [-0.2, 0) is 0 Å². The Morgan fingerprint density at radius 1 is 1.05 bits per heavy atom. The van der Waals surface area contributed by atoms with Crippen LogP contribution in [-0.4, -0.2) is 12.3 Å². The first-order valence-corrected chi connectivity index (χ1v) is 8.51. The number of rotatable bonds is 4. The quantitative estimate of drug-likeness (QED) is 0.757. The van der Waals surface area contributed by atoms with Gasteiger partial charge in [0.2, 0.25) is 0 Å². The van der Waals surface area contributed by atoms with Gasteiger partial charge in [0.15, 0.2) is 0 Å². The molecule has 0 unspecified atom stereocenters. The second kappa shape index (κ2) is 6.11. The lowest BCUT2D eigenvalue weighted by Gasteiger charge is -2.37. The van der Waals surface area contributed by atoms with E-state index in [-0.39, 0.29) is 0 Å². The number of thioether (sulfide) groups is 1. The maximum atomic E-state index is 6.25. The maximum absolute atomic E-state index is 6.25. The number of halogens is 1. The van der Waals surface area contributed by atoms with Crippen molar-refractivity contribution < 1.29 is 0 Å². The molecular formula is C17H18ClNS. The summed E-state index contributed by atoms with van der Waals surface area (Å²) in [4.78, 5) is 1.30. The molecule has 0 atom stereocenters. The third-order valence-electron chi connectivity index (χ3n) is 3.94. The Morgan fingerprint density at radius 2 is 1.75 bits per heavy atom. The number of nitrogens with one attached hydrogen (secondary N) is 1. The Kier molecular flexibility index (Phi) is 4.23. The Hall–Kier alpha value is -1.12. The average molecular weight is 304 g/mol. The molecule has 1 saturated carbocycles. The molecule has 2 aromatic rings. The van der Waals surface area contributed by atoms with Crippen LogP contribution in [0.1, 0.15) is 24.3 Å². The van der Waals surface area contributed by atoms with E-state index < -0.39 is 0 Å². The Morgan fingerprint density at radius 3 is 2.40 bits per heavy atom. The predicted octanol–water partition coefficient (Wildman–Crippen LogP) is 5.42. The van der Waals surface area contributed by atoms with Crippen LogP contribution in [0.15, 0.2) is 53.4 Å². The molecule has 1 nitrogen and oxygen atoms in total. The molecule has 2 aromatic carbocycles. The lowest BCUT2D eigenvalue weighted by atomic mass is 9.76. The van der Waals surface area contributed by atoms with E-state index >= 15 is 0 Å². The molecule has 0 aliphatic heterocycles. The van der Waals surface area contributed by atoms with Gasteiger partial charge in [0.05, 0.1) is 0 Å². The highest BCUT2D eigenvalue weighted by atomic mass is 35.5. The fourth-order valence-corrected chi connectivity index (χ4v) is 3.42. The Balaban J connectivity index is 1.56. The van der Waals surface area contributed by atoms with Crippen molar-refractivity contribution in [3.8, 4) is 0 Å². The summed E-state index contributed by atoms with van der Waals surface area (Å²) in [5, 5.41) is 4.50. The van der Waals surface area contributed by atoms with Crippen LogP contribution >= 0.6 is 23.4 Å². The summed E-state index contributed by atoms with van der Waals surface area (Å²) in [5.41, 5.74) is 2.51. The van der Waals surface area contributed by atoms with Gasteiger partial charge in [-0.2, -0.15) is 0 Å². The first kappa shape index (κ1) is 13.8. The van der Waals surface area contributed by atoms with Gasteiger partial charge in [-0.05, 0) is 60.9 Å². The zero-order valence-electron chi connectivity index (χ0n) is 11.5. The monoisotopic (exact) mass is 303 g/mol. The van der Waals surface area contributed by atoms with Gasteiger partial charge in [-0.15, -0.1) is 11.8 Å². The van der Waals surface area contributed by atoms with E-state index in [4.69, 9.17) is 11.6 Å². The SMILES string of the molecule is CSc1ccc(NC2CC(c3ccccc3Cl)C2)cc1. The molecule has 20 heavy (non-hydrogen) atoms. The minimum Gasteiger partial charge on any atom is -0.382 e. The molecular weight excluding hydrogens is 286 g/mol. The van der Waals surface area contributed by atoms with Crippen molar-refractivity contribution in [3.63, 3.8) is 0 Å². The van der Waals surface area contributed by atoms with Crippen LogP contribution in [0.25, 0.3) is 0 Å². The molecule has 0 heterocycles. The molecule has 1 aliphatic carbocycles. The number of hydrogen-bond donors (Lipinski definition) is 1. The summed E-state index contributed by atoms with van der Waals surface area (Å²) in [6.45, 7) is 0. The fourth-order valence-electron chi connectivity index (χ4n) is 2.72. The van der Waals surface area contributed by atoms with Crippen molar-refractivity contribution >= 4 is 29.1 Å². The summed E-state index contributed by atoms with van der Waals surface area (Å²) >= 11 is 8.02. The van der Waals surface area contributed by atoms with Crippen LogP contribution in [0.5, 0.6) is 0 Å². The van der Waals surface area contributed by atoms with Crippen LogP contribution in [0, 0.1) is 0 Å². The van der Waals surface area contributed by atoms with Crippen LogP contribution < -0.4 is 5.32 Å². The van der Waals surface area contributed by atoms with Crippen molar-refractivity contribution in [2.75, 3.05) is 11.6 Å². The first-order valence-electron chi connectivity index (χ1n) is 6.91. The highest BCUT2D eigenvalue weighted by Crippen LogP contribution is 2.41. The van der Waals surface area contributed by atoms with Gasteiger partial charge in [-0.1, -0.05) is 29.8 Å². The van der Waals surface area contributed by atoms with E-state index in [1.165, 1.54) is 16.1 Å². The van der Waals surface area contributed by atoms with Crippen molar-refractivity contribution in [2.45, 2.75) is 29.7 Å². The smallest absolute Gasteiger partial charge is 0.0440 e. The zero-order chi connectivity index (χ0) is 13.9. The summed E-state index contributed by atoms with van der Waals surface area (Å²) in [5.74, 6) is 0.603. The van der Waals surface area contributed by atoms with E-state index in [1.807, 2.05) is 12.1 Å². The van der Waals surface area contributed by atoms with Gasteiger partial charge in [-0.3, -0.25) is 0 Å². The van der Waals surface area contributed by atoms with E-state index in [9.17, 15) is 0 Å². The van der Waals surface area contributed by atoms with Crippen LogP contribution in [0.3, 0.4) is 0 Å². The number of hydrogen-bond acceptors (Lipinski definition) is 2. The van der Waals surface area contributed by atoms with E-state index in [1.54, 1.807) is 11.8 Å². The lowest BCUT2D eigenvalue weighted by Crippen LogP contribution is -2.34. The summed E-state index contributed by atoms with van der Waals surface area (Å²) in [6, 6.07) is 17.4. The summed E-state index contributed by atoms with van der Waals surface area (Å²) < 4.78 is 0. The molecule has 0 bridgehead atoms. The van der Waals surface area contributed by atoms with E-state index in [0.29, 0.717) is 12.0 Å². The lowest BCUT2D eigenvalue weighted by molar-refractivity contribution is 0.374. The molecule has 104 valence electrons. The minimum absolute atomic E-state index is 0.566. The minimum atomic E-state index is 0.566. The predicted molar refractivity (Wildman–Crippen MR) is 89.1 cm³/mol. The van der Waals surface area contributed by atoms with Gasteiger partial charge in [0, 0.05) is 21.6 Å². The number of benzene rings is 2. The van der Waals surface area contributed by atoms with Gasteiger partial charge in [0.25, 0.3) is 0 Å². The second-order valence-electron chi connectivity index (χ2n) is 5.26. The van der Waals surface area contributed by atoms with E-state index in [2.05, 4.69) is 48.0 Å². The third kappa shape index (κ3) is 2.97. The molecule has 0 amide bonds. The van der Waals surface area contributed by atoms with Crippen molar-refractivity contribution in [2.24, 2.45) is 0 Å². The standard InChI is InChI=1S/C17H18ClNS/c1-20-15-8-6-13(7-9-15)19-14-10-12(11-14)16-4-2-3-5-17(16)18/h2-9,12,14,19H,10-11H2,1H3. The zero-order valence-corrected chi connectivity index (χ0v) is 13.0. The highest BCUT2D eigenvalue weighted by molar-refractivity contribution is 7.98. The normalized spacial score (nSPS) is 21.3. The average Bonchev–Trinajstić information content (AvgIpc) is 2.44. The van der Waals surface area contributed by atoms with Gasteiger partial charge < -0.3 is 5.32 Å². The highest BCUT2D eigenvalue weighted by Gasteiger charge is 2.31. The summed E-state index contributed by atoms with van der Waals surface area (Å²) in [6.07, 6.45) is 4.42. The van der Waals surface area contributed by atoms with Crippen LogP contribution in [0.4, 0.5) is 5.69 Å². The summed E-state index contributed by atoms with van der Waals surface area (Å²) in [7, 11) is 0. The van der Waals surface area contributed by atoms with Crippen molar-refractivity contribution in [1.29, 1.82) is 0 Å². The van der Waals surface area contributed by atoms with Crippen molar-refractivity contribution in [3.05, 3.63) is 59.1 Å². The molecule has 0 aromatic heterocycles. The molecule has 0 radical (unpaired) electrons. The van der Waals surface area contributed by atoms with Gasteiger partial charge >= 0.3 is 0 Å². The Labute approximate surface area is 129 Å². The molecule has 1 fully saturated rings. The topological polar surface area (TPSA) is 12.0 Å².